The summed E-state index contributed by atoms with van der Waals surface area (Å²) in [5.74, 6) is 2.32. The lowest BCUT2D eigenvalue weighted by molar-refractivity contribution is 0.368. The Hall–Kier alpha value is -0.760. The van der Waals surface area contributed by atoms with Gasteiger partial charge in [0.15, 0.2) is 0 Å². The van der Waals surface area contributed by atoms with E-state index in [1.165, 1.54) is 0 Å². The summed E-state index contributed by atoms with van der Waals surface area (Å²) in [5, 5.41) is 0. The fourth-order valence-corrected chi connectivity index (χ4v) is 1.17. The summed E-state index contributed by atoms with van der Waals surface area (Å²) in [4.78, 5) is 0. The Morgan fingerprint density at radius 2 is 2.17 bits per heavy atom. The minimum atomic E-state index is 0.0451. The maximum absolute atomic E-state index is 5.97. The number of rotatable bonds is 3. The van der Waals surface area contributed by atoms with Crippen molar-refractivity contribution in [1.29, 1.82) is 0 Å². The highest BCUT2D eigenvalue weighted by atomic mass is 16.3. The molecule has 0 aliphatic rings. The molecule has 0 bridgehead atoms. The third-order valence-electron chi connectivity index (χ3n) is 2.35. The minimum absolute atomic E-state index is 0.0451. The summed E-state index contributed by atoms with van der Waals surface area (Å²) in [6, 6.07) is 3.97. The molecule has 1 unspecified atom stereocenters. The summed E-state index contributed by atoms with van der Waals surface area (Å²) in [6.07, 6.45) is 1.08. The molecule has 1 aromatic rings. The zero-order valence-corrected chi connectivity index (χ0v) is 8.00. The molecule has 12 heavy (non-hydrogen) atoms. The van der Waals surface area contributed by atoms with Crippen LogP contribution in [-0.4, -0.2) is 0 Å². The predicted octanol–water partition coefficient (Wildman–Crippen LogP) is 2.63. The fraction of sp³-hybridized carbons (Fsp3) is 0.600. The van der Waals surface area contributed by atoms with Gasteiger partial charge in [0.05, 0.1) is 6.04 Å². The molecule has 1 rings (SSSR count). The second kappa shape index (κ2) is 3.76. The van der Waals surface area contributed by atoms with Crippen molar-refractivity contribution in [3.63, 3.8) is 0 Å². The molecule has 0 saturated carbocycles. The van der Waals surface area contributed by atoms with E-state index in [0.717, 1.165) is 17.9 Å². The highest BCUT2D eigenvalue weighted by Gasteiger charge is 2.15. The lowest BCUT2D eigenvalue weighted by atomic mass is 9.98. The molecule has 0 spiro atoms. The second-order valence-corrected chi connectivity index (χ2v) is 3.36. The molecular formula is C10H17NO. The third kappa shape index (κ3) is 1.89. The van der Waals surface area contributed by atoms with Gasteiger partial charge in [0, 0.05) is 0 Å². The van der Waals surface area contributed by atoms with E-state index >= 15 is 0 Å². The van der Waals surface area contributed by atoms with Crippen LogP contribution >= 0.6 is 0 Å². The van der Waals surface area contributed by atoms with Crippen LogP contribution in [0.25, 0.3) is 0 Å². The van der Waals surface area contributed by atoms with Crippen LogP contribution in [0.4, 0.5) is 0 Å². The average Bonchev–Trinajstić information content (AvgIpc) is 2.49. The normalized spacial score (nSPS) is 16.0. The number of furan rings is 1. The molecule has 0 amide bonds. The Morgan fingerprint density at radius 1 is 1.50 bits per heavy atom. The van der Waals surface area contributed by atoms with Gasteiger partial charge in [0.25, 0.3) is 0 Å². The zero-order chi connectivity index (χ0) is 9.14. The molecule has 2 heteroatoms. The van der Waals surface area contributed by atoms with Gasteiger partial charge in [-0.05, 0) is 25.0 Å². The SMILES string of the molecule is CCC(C)[C@@H](N)c1ccc(C)o1. The summed E-state index contributed by atoms with van der Waals surface area (Å²) in [5.41, 5.74) is 5.97. The number of aryl methyl sites for hydroxylation is 1. The van der Waals surface area contributed by atoms with Gasteiger partial charge < -0.3 is 10.2 Å². The van der Waals surface area contributed by atoms with Crippen LogP contribution in [0.5, 0.6) is 0 Å². The maximum atomic E-state index is 5.97. The quantitative estimate of drug-likeness (QED) is 0.751. The van der Waals surface area contributed by atoms with Gasteiger partial charge in [-0.2, -0.15) is 0 Å². The van der Waals surface area contributed by atoms with E-state index in [9.17, 15) is 0 Å². The largest absolute Gasteiger partial charge is 0.465 e. The van der Waals surface area contributed by atoms with Gasteiger partial charge >= 0.3 is 0 Å². The van der Waals surface area contributed by atoms with Crippen LogP contribution in [0.15, 0.2) is 16.5 Å². The van der Waals surface area contributed by atoms with Crippen molar-refractivity contribution in [3.8, 4) is 0 Å². The fourth-order valence-electron chi connectivity index (χ4n) is 1.17. The Kier molecular flexibility index (Phi) is 2.93. The van der Waals surface area contributed by atoms with Crippen LogP contribution in [0.3, 0.4) is 0 Å². The van der Waals surface area contributed by atoms with Gasteiger partial charge in [-0.3, -0.25) is 0 Å². The van der Waals surface area contributed by atoms with Crippen LogP contribution in [0.1, 0.15) is 37.8 Å². The summed E-state index contributed by atoms with van der Waals surface area (Å²) in [6.45, 7) is 6.22. The first-order valence-corrected chi connectivity index (χ1v) is 4.47. The molecule has 1 aromatic heterocycles. The topological polar surface area (TPSA) is 39.2 Å². The number of hydrogen-bond donors (Lipinski definition) is 1. The predicted molar refractivity (Wildman–Crippen MR) is 49.8 cm³/mol. The van der Waals surface area contributed by atoms with Crippen molar-refractivity contribution in [2.24, 2.45) is 11.7 Å². The molecular weight excluding hydrogens is 150 g/mol. The first kappa shape index (κ1) is 9.33. The summed E-state index contributed by atoms with van der Waals surface area (Å²) >= 11 is 0. The van der Waals surface area contributed by atoms with Crippen molar-refractivity contribution in [3.05, 3.63) is 23.7 Å². The van der Waals surface area contributed by atoms with E-state index in [2.05, 4.69) is 13.8 Å². The molecule has 0 aliphatic heterocycles. The van der Waals surface area contributed by atoms with Crippen LogP contribution in [0.2, 0.25) is 0 Å². The Morgan fingerprint density at radius 3 is 2.58 bits per heavy atom. The molecule has 0 fully saturated rings. The summed E-state index contributed by atoms with van der Waals surface area (Å²) in [7, 11) is 0. The van der Waals surface area contributed by atoms with Crippen LogP contribution < -0.4 is 5.73 Å². The van der Waals surface area contributed by atoms with E-state index in [0.29, 0.717) is 5.92 Å². The highest BCUT2D eigenvalue weighted by molar-refractivity contribution is 5.09. The Labute approximate surface area is 73.8 Å². The summed E-state index contributed by atoms with van der Waals surface area (Å²) < 4.78 is 5.44. The van der Waals surface area contributed by atoms with Crippen molar-refractivity contribution in [2.75, 3.05) is 0 Å². The highest BCUT2D eigenvalue weighted by Crippen LogP contribution is 2.23. The first-order valence-electron chi connectivity index (χ1n) is 4.47. The van der Waals surface area contributed by atoms with Gasteiger partial charge in [0.2, 0.25) is 0 Å². The smallest absolute Gasteiger partial charge is 0.121 e. The van der Waals surface area contributed by atoms with Crippen molar-refractivity contribution in [2.45, 2.75) is 33.2 Å². The van der Waals surface area contributed by atoms with Crippen molar-refractivity contribution in [1.82, 2.24) is 0 Å². The van der Waals surface area contributed by atoms with E-state index in [1.807, 2.05) is 19.1 Å². The van der Waals surface area contributed by atoms with Crippen LogP contribution in [-0.2, 0) is 0 Å². The first-order chi connectivity index (χ1) is 5.65. The minimum Gasteiger partial charge on any atom is -0.465 e. The van der Waals surface area contributed by atoms with Crippen molar-refractivity contribution < 1.29 is 4.42 Å². The molecule has 68 valence electrons. The zero-order valence-electron chi connectivity index (χ0n) is 8.00. The van der Waals surface area contributed by atoms with Crippen LogP contribution in [0, 0.1) is 12.8 Å². The van der Waals surface area contributed by atoms with Gasteiger partial charge in [-0.1, -0.05) is 20.3 Å². The molecule has 0 aromatic carbocycles. The van der Waals surface area contributed by atoms with Gasteiger partial charge in [0.1, 0.15) is 11.5 Å². The van der Waals surface area contributed by atoms with E-state index in [4.69, 9.17) is 10.2 Å². The monoisotopic (exact) mass is 167 g/mol. The molecule has 0 saturated heterocycles. The second-order valence-electron chi connectivity index (χ2n) is 3.36. The standard InChI is InChI=1S/C10H17NO/c1-4-7(2)10(11)9-6-5-8(3)12-9/h5-7,10H,4,11H2,1-3H3/t7?,10-/m1/s1. The van der Waals surface area contributed by atoms with Crippen molar-refractivity contribution >= 4 is 0 Å². The maximum Gasteiger partial charge on any atom is 0.121 e. The Bertz CT molecular complexity index is 242. The molecule has 0 radical (unpaired) electrons. The average molecular weight is 167 g/mol. The molecule has 2 atom stereocenters. The molecule has 2 nitrogen and oxygen atoms in total. The third-order valence-corrected chi connectivity index (χ3v) is 2.35. The van der Waals surface area contributed by atoms with E-state index in [1.54, 1.807) is 0 Å². The number of nitrogens with two attached hydrogens (primary N) is 1. The lowest BCUT2D eigenvalue weighted by Crippen LogP contribution is -2.17. The molecule has 1 heterocycles. The van der Waals surface area contributed by atoms with E-state index < -0.39 is 0 Å². The Balaban J connectivity index is 2.70. The molecule has 2 N–H and O–H groups in total. The van der Waals surface area contributed by atoms with E-state index in [-0.39, 0.29) is 6.04 Å². The number of hydrogen-bond acceptors (Lipinski definition) is 2. The van der Waals surface area contributed by atoms with Gasteiger partial charge in [-0.25, -0.2) is 0 Å². The molecule has 0 aliphatic carbocycles. The van der Waals surface area contributed by atoms with Gasteiger partial charge in [-0.15, -0.1) is 0 Å². The lowest BCUT2D eigenvalue weighted by Gasteiger charge is -2.15.